The molecular weight excluding hydrogens is 413 g/mol. The van der Waals surface area contributed by atoms with Gasteiger partial charge >= 0.3 is 0 Å². The molecule has 29 heavy (non-hydrogen) atoms. The Labute approximate surface area is 180 Å². The van der Waals surface area contributed by atoms with Gasteiger partial charge in [0.25, 0.3) is 5.69 Å². The minimum Gasteiger partial charge on any atom is -0.343 e. The molecule has 1 aliphatic heterocycles. The lowest BCUT2D eigenvalue weighted by atomic mass is 9.89. The number of likely N-dealkylation sites (N-methyl/N-ethyl adjacent to an activating group) is 1. The van der Waals surface area contributed by atoms with Crippen molar-refractivity contribution in [3.05, 3.63) is 73.8 Å². The molecule has 8 heteroatoms. The van der Waals surface area contributed by atoms with Gasteiger partial charge in [-0.3, -0.25) is 14.9 Å². The average molecular weight is 437 g/mol. The lowest BCUT2D eigenvalue weighted by molar-refractivity contribution is -0.930. The second kappa shape index (κ2) is 8.69. The normalized spacial score (nSPS) is 17.5. The highest BCUT2D eigenvalue weighted by Gasteiger charge is 2.46. The summed E-state index contributed by atoms with van der Waals surface area (Å²) in [6, 6.07) is 11.6. The Morgan fingerprint density at radius 1 is 1.14 bits per heavy atom. The van der Waals surface area contributed by atoms with Gasteiger partial charge in [0.05, 0.1) is 40.7 Å². The molecule has 0 aromatic heterocycles. The number of benzene rings is 2. The summed E-state index contributed by atoms with van der Waals surface area (Å²) in [7, 11) is 2.08. The summed E-state index contributed by atoms with van der Waals surface area (Å²) in [6.45, 7) is 3.16. The van der Waals surface area contributed by atoms with Gasteiger partial charge in [-0.1, -0.05) is 53.5 Å². The van der Waals surface area contributed by atoms with Crippen LogP contribution in [-0.4, -0.2) is 35.5 Å². The number of nitrogens with zero attached hydrogens (tertiary/aromatic N) is 2. The largest absolute Gasteiger partial charge is 0.343 e. The van der Waals surface area contributed by atoms with Crippen LogP contribution in [0, 0.1) is 10.1 Å². The van der Waals surface area contributed by atoms with Gasteiger partial charge < -0.3 is 9.80 Å². The highest BCUT2D eigenvalue weighted by Crippen LogP contribution is 2.46. The third kappa shape index (κ3) is 4.55. The standard InChI is InChI=1S/C21H23Cl2N3O3/c1-14(27)24-20(15-8-4-3-5-9-15)21(26(2)10-6-7-11-26)16-12-17(22)18(23)13-19(16)25(28)29/h3-5,8-9,12-13,20-21H,6-7,10-11H2,1-2H3/p+1/t20-,21?/m0/s1. The summed E-state index contributed by atoms with van der Waals surface area (Å²) >= 11 is 12.4. The van der Waals surface area contributed by atoms with Crippen LogP contribution in [-0.2, 0) is 4.79 Å². The van der Waals surface area contributed by atoms with E-state index in [-0.39, 0.29) is 27.7 Å². The van der Waals surface area contributed by atoms with Crippen LogP contribution in [0.2, 0.25) is 10.0 Å². The number of carbonyl (C=O) groups is 1. The quantitative estimate of drug-likeness (QED) is 0.390. The van der Waals surface area contributed by atoms with E-state index in [1.54, 1.807) is 6.07 Å². The van der Waals surface area contributed by atoms with Crippen molar-refractivity contribution in [3.8, 4) is 0 Å². The van der Waals surface area contributed by atoms with Gasteiger partial charge in [0.15, 0.2) is 0 Å². The van der Waals surface area contributed by atoms with Crippen molar-refractivity contribution in [1.29, 1.82) is 0 Å². The first-order valence-electron chi connectivity index (χ1n) is 9.52. The average Bonchev–Trinajstić information content (AvgIpc) is 3.11. The number of likely N-dealkylation sites (tertiary alicyclic amines) is 1. The summed E-state index contributed by atoms with van der Waals surface area (Å²) in [5.74, 6) is -0.197. The van der Waals surface area contributed by atoms with E-state index < -0.39 is 11.0 Å². The summed E-state index contributed by atoms with van der Waals surface area (Å²) in [5, 5.41) is 15.3. The van der Waals surface area contributed by atoms with E-state index >= 15 is 0 Å². The Hall–Kier alpha value is -2.15. The molecule has 0 radical (unpaired) electrons. The molecule has 2 aromatic rings. The third-order valence-corrected chi connectivity index (χ3v) is 6.40. The fraction of sp³-hybridized carbons (Fsp3) is 0.381. The minimum atomic E-state index is -0.451. The maximum absolute atomic E-state index is 12.1. The summed E-state index contributed by atoms with van der Waals surface area (Å²) < 4.78 is 0.568. The van der Waals surface area contributed by atoms with Crippen LogP contribution in [0.15, 0.2) is 42.5 Å². The van der Waals surface area contributed by atoms with E-state index in [4.69, 9.17) is 23.2 Å². The molecule has 2 atom stereocenters. The van der Waals surface area contributed by atoms with Crippen molar-refractivity contribution in [2.75, 3.05) is 20.1 Å². The Morgan fingerprint density at radius 3 is 2.28 bits per heavy atom. The molecule has 0 spiro atoms. The smallest absolute Gasteiger partial charge is 0.280 e. The molecule has 1 heterocycles. The van der Waals surface area contributed by atoms with Crippen LogP contribution in [0.1, 0.15) is 43.0 Å². The van der Waals surface area contributed by atoms with E-state index in [1.807, 2.05) is 30.3 Å². The SMILES string of the molecule is CC(=O)N[C@@H](c1ccccc1)C(c1cc(Cl)c(Cl)cc1[N+](=O)[O-])[N+]1(C)CCCC1. The molecule has 1 aliphatic rings. The summed E-state index contributed by atoms with van der Waals surface area (Å²) in [5.41, 5.74) is 1.29. The molecule has 1 amide bonds. The van der Waals surface area contributed by atoms with Crippen molar-refractivity contribution in [2.24, 2.45) is 0 Å². The number of carbonyl (C=O) groups excluding carboxylic acids is 1. The van der Waals surface area contributed by atoms with Crippen molar-refractivity contribution in [2.45, 2.75) is 31.8 Å². The lowest BCUT2D eigenvalue weighted by Gasteiger charge is -2.42. The van der Waals surface area contributed by atoms with Crippen LogP contribution in [0.3, 0.4) is 0 Å². The number of rotatable bonds is 6. The van der Waals surface area contributed by atoms with Crippen molar-refractivity contribution < 1.29 is 14.2 Å². The molecule has 1 unspecified atom stereocenters. The molecule has 2 aromatic carbocycles. The van der Waals surface area contributed by atoms with Crippen LogP contribution in [0.25, 0.3) is 0 Å². The zero-order chi connectivity index (χ0) is 21.2. The van der Waals surface area contributed by atoms with E-state index in [1.165, 1.54) is 13.0 Å². The fourth-order valence-electron chi connectivity index (χ4n) is 4.38. The molecule has 0 aliphatic carbocycles. The number of hydrogen-bond acceptors (Lipinski definition) is 3. The van der Waals surface area contributed by atoms with Gasteiger partial charge in [-0.05, 0) is 11.6 Å². The predicted molar refractivity (Wildman–Crippen MR) is 114 cm³/mol. The number of quaternary nitrogens is 1. The Morgan fingerprint density at radius 2 is 1.72 bits per heavy atom. The second-order valence-corrected chi connectivity index (χ2v) is 8.56. The second-order valence-electron chi connectivity index (χ2n) is 7.75. The van der Waals surface area contributed by atoms with E-state index in [2.05, 4.69) is 12.4 Å². The number of amides is 1. The van der Waals surface area contributed by atoms with Crippen LogP contribution < -0.4 is 5.32 Å². The highest BCUT2D eigenvalue weighted by atomic mass is 35.5. The Bertz CT molecular complexity index is 915. The van der Waals surface area contributed by atoms with E-state index in [0.29, 0.717) is 10.0 Å². The Balaban J connectivity index is 2.26. The van der Waals surface area contributed by atoms with Crippen LogP contribution in [0.4, 0.5) is 5.69 Å². The lowest BCUT2D eigenvalue weighted by Crippen LogP contribution is -2.50. The number of hydrogen-bond donors (Lipinski definition) is 1. The molecule has 1 saturated heterocycles. The molecule has 0 saturated carbocycles. The molecular formula is C21H24Cl2N3O3+. The van der Waals surface area contributed by atoms with Crippen molar-refractivity contribution >= 4 is 34.8 Å². The number of nitro benzene ring substituents is 1. The monoisotopic (exact) mass is 436 g/mol. The predicted octanol–water partition coefficient (Wildman–Crippen LogP) is 5.06. The van der Waals surface area contributed by atoms with Crippen molar-refractivity contribution in [3.63, 3.8) is 0 Å². The van der Waals surface area contributed by atoms with Gasteiger partial charge in [-0.15, -0.1) is 0 Å². The molecule has 154 valence electrons. The number of nitro groups is 1. The van der Waals surface area contributed by atoms with Gasteiger partial charge in [0.2, 0.25) is 5.91 Å². The van der Waals surface area contributed by atoms with Crippen molar-refractivity contribution in [1.82, 2.24) is 5.32 Å². The number of halogens is 2. The van der Waals surface area contributed by atoms with E-state index in [9.17, 15) is 14.9 Å². The van der Waals surface area contributed by atoms with Gasteiger partial charge in [-0.25, -0.2) is 0 Å². The minimum absolute atomic E-state index is 0.0815. The van der Waals surface area contributed by atoms with E-state index in [0.717, 1.165) is 31.5 Å². The zero-order valence-electron chi connectivity index (χ0n) is 16.4. The summed E-state index contributed by atoms with van der Waals surface area (Å²) in [6.07, 6.45) is 2.04. The highest BCUT2D eigenvalue weighted by molar-refractivity contribution is 6.42. The van der Waals surface area contributed by atoms with Gasteiger partial charge in [-0.2, -0.15) is 0 Å². The number of nitrogens with one attached hydrogen (secondary N) is 1. The zero-order valence-corrected chi connectivity index (χ0v) is 17.9. The molecule has 1 fully saturated rings. The Kier molecular flexibility index (Phi) is 6.46. The topological polar surface area (TPSA) is 72.2 Å². The van der Waals surface area contributed by atoms with Gasteiger partial charge in [0.1, 0.15) is 12.1 Å². The maximum atomic E-state index is 12.1. The third-order valence-electron chi connectivity index (χ3n) is 5.68. The first-order chi connectivity index (χ1) is 13.7. The first-order valence-corrected chi connectivity index (χ1v) is 10.3. The fourth-order valence-corrected chi connectivity index (χ4v) is 4.71. The van der Waals surface area contributed by atoms with Gasteiger partial charge in [0, 0.05) is 25.8 Å². The molecule has 1 N–H and O–H groups in total. The maximum Gasteiger partial charge on any atom is 0.280 e. The summed E-state index contributed by atoms with van der Waals surface area (Å²) in [4.78, 5) is 23.6. The van der Waals surface area contributed by atoms with Crippen LogP contribution in [0.5, 0.6) is 0 Å². The van der Waals surface area contributed by atoms with Crippen LogP contribution >= 0.6 is 23.2 Å². The molecule has 3 rings (SSSR count). The molecule has 0 bridgehead atoms. The molecule has 6 nitrogen and oxygen atoms in total. The first kappa shape index (κ1) is 21.6.